The van der Waals surface area contributed by atoms with E-state index in [2.05, 4.69) is 0 Å². The Hall–Kier alpha value is -1.99. The normalized spacial score (nSPS) is 12.2. The summed E-state index contributed by atoms with van der Waals surface area (Å²) >= 11 is 5.91. The number of aliphatic hydroxyl groups is 1. The number of hydrogen-bond donors (Lipinski definition) is 2. The van der Waals surface area contributed by atoms with Gasteiger partial charge >= 0.3 is 5.97 Å². The zero-order valence-corrected chi connectivity index (χ0v) is 14.5. The summed E-state index contributed by atoms with van der Waals surface area (Å²) in [5.41, 5.74) is 1.96. The van der Waals surface area contributed by atoms with E-state index in [1.807, 2.05) is 0 Å². The average Bonchev–Trinajstić information content (AvgIpc) is 2.58. The number of ether oxygens (including phenoxy) is 1. The summed E-state index contributed by atoms with van der Waals surface area (Å²) in [6, 6.07) is 11.5. The Morgan fingerprint density at radius 2 is 2.00 bits per heavy atom. The molecule has 0 radical (unpaired) electrons. The zero-order chi connectivity index (χ0) is 18.4. The van der Waals surface area contributed by atoms with Gasteiger partial charge in [-0.25, -0.2) is 14.2 Å². The number of hydrogen-bond acceptors (Lipinski definition) is 5. The molecule has 0 saturated carbocycles. The summed E-state index contributed by atoms with van der Waals surface area (Å²) in [6.07, 6.45) is -1.30. The minimum atomic E-state index is -1.30. The van der Waals surface area contributed by atoms with Crippen LogP contribution in [0, 0.1) is 5.82 Å². The molecule has 0 bridgehead atoms. The van der Waals surface area contributed by atoms with Gasteiger partial charge in [0.1, 0.15) is 5.82 Å². The number of hydrazine groups is 1. The lowest BCUT2D eigenvalue weighted by molar-refractivity contribution is -0.154. The van der Waals surface area contributed by atoms with Gasteiger partial charge in [0.05, 0.1) is 13.2 Å². The molecule has 134 valence electrons. The molecule has 1 unspecified atom stereocenters. The lowest BCUT2D eigenvalue weighted by atomic mass is 10.0. The SMILES string of the molecule is CCOC(=O)C(O)CN(N)Cc1ccc(-c2cc(Cl)ccc2F)cc1. The van der Waals surface area contributed by atoms with E-state index in [0.29, 0.717) is 22.7 Å². The lowest BCUT2D eigenvalue weighted by Gasteiger charge is -2.19. The summed E-state index contributed by atoms with van der Waals surface area (Å²) < 4.78 is 18.6. The van der Waals surface area contributed by atoms with Crippen LogP contribution in [0.3, 0.4) is 0 Å². The minimum Gasteiger partial charge on any atom is -0.464 e. The first-order valence-corrected chi connectivity index (χ1v) is 8.17. The van der Waals surface area contributed by atoms with Gasteiger partial charge in [-0.05, 0) is 36.2 Å². The maximum Gasteiger partial charge on any atom is 0.336 e. The molecule has 0 aliphatic carbocycles. The highest BCUT2D eigenvalue weighted by atomic mass is 35.5. The second-order valence-corrected chi connectivity index (χ2v) is 5.95. The van der Waals surface area contributed by atoms with E-state index in [9.17, 15) is 14.3 Å². The number of esters is 1. The molecule has 0 aliphatic heterocycles. The van der Waals surface area contributed by atoms with Crippen LogP contribution < -0.4 is 5.84 Å². The van der Waals surface area contributed by atoms with Crippen LogP contribution in [0.1, 0.15) is 12.5 Å². The van der Waals surface area contributed by atoms with Gasteiger partial charge in [-0.2, -0.15) is 0 Å². The summed E-state index contributed by atoms with van der Waals surface area (Å²) in [6.45, 7) is 2.12. The van der Waals surface area contributed by atoms with E-state index in [1.165, 1.54) is 17.1 Å². The van der Waals surface area contributed by atoms with Crippen LogP contribution in [-0.4, -0.2) is 35.3 Å². The van der Waals surface area contributed by atoms with Gasteiger partial charge < -0.3 is 9.84 Å². The third kappa shape index (κ3) is 5.51. The highest BCUT2D eigenvalue weighted by Crippen LogP contribution is 2.26. The number of carbonyl (C=O) groups is 1. The van der Waals surface area contributed by atoms with Gasteiger partial charge in [0, 0.05) is 17.1 Å². The average molecular weight is 367 g/mol. The van der Waals surface area contributed by atoms with Crippen molar-refractivity contribution in [3.8, 4) is 11.1 Å². The standard InChI is InChI=1S/C18H20ClFN2O3/c1-2-25-18(24)17(23)11-22(21)10-12-3-5-13(6-4-12)15-9-14(19)7-8-16(15)20/h3-9,17,23H,2,10-11,21H2,1H3. The summed E-state index contributed by atoms with van der Waals surface area (Å²) in [4.78, 5) is 11.4. The highest BCUT2D eigenvalue weighted by molar-refractivity contribution is 6.30. The van der Waals surface area contributed by atoms with E-state index in [4.69, 9.17) is 22.2 Å². The Morgan fingerprint density at radius 1 is 1.32 bits per heavy atom. The van der Waals surface area contributed by atoms with Gasteiger partial charge in [-0.1, -0.05) is 35.9 Å². The van der Waals surface area contributed by atoms with E-state index >= 15 is 0 Å². The Balaban J connectivity index is 2.00. The number of halogens is 2. The summed E-state index contributed by atoms with van der Waals surface area (Å²) in [7, 11) is 0. The van der Waals surface area contributed by atoms with Crippen molar-refractivity contribution in [3.05, 3.63) is 58.9 Å². The predicted molar refractivity (Wildman–Crippen MR) is 94.1 cm³/mol. The molecular weight excluding hydrogens is 347 g/mol. The molecule has 0 aromatic heterocycles. The molecule has 5 nitrogen and oxygen atoms in total. The van der Waals surface area contributed by atoms with Crippen molar-refractivity contribution in [2.45, 2.75) is 19.6 Å². The van der Waals surface area contributed by atoms with Crippen LogP contribution in [0.25, 0.3) is 11.1 Å². The molecule has 1 atom stereocenters. The molecule has 0 amide bonds. The highest BCUT2D eigenvalue weighted by Gasteiger charge is 2.18. The van der Waals surface area contributed by atoms with Crippen LogP contribution in [0.4, 0.5) is 4.39 Å². The van der Waals surface area contributed by atoms with Crippen molar-refractivity contribution in [2.24, 2.45) is 5.84 Å². The van der Waals surface area contributed by atoms with Crippen LogP contribution in [0.2, 0.25) is 5.02 Å². The Labute approximate surface area is 150 Å². The quantitative estimate of drug-likeness (QED) is 0.447. The minimum absolute atomic E-state index is 0.0521. The van der Waals surface area contributed by atoms with Gasteiger partial charge in [-0.15, -0.1) is 0 Å². The van der Waals surface area contributed by atoms with E-state index in [0.717, 1.165) is 5.56 Å². The third-order valence-electron chi connectivity index (χ3n) is 3.55. The molecule has 2 aromatic carbocycles. The molecule has 2 rings (SSSR count). The molecule has 7 heteroatoms. The van der Waals surface area contributed by atoms with Gasteiger partial charge in [-0.3, -0.25) is 5.84 Å². The fourth-order valence-electron chi connectivity index (χ4n) is 2.34. The van der Waals surface area contributed by atoms with Gasteiger partial charge in [0.15, 0.2) is 6.10 Å². The molecule has 3 N–H and O–H groups in total. The number of aliphatic hydroxyl groups excluding tert-OH is 1. The van der Waals surface area contributed by atoms with Crippen LogP contribution in [-0.2, 0) is 16.1 Å². The van der Waals surface area contributed by atoms with Crippen molar-refractivity contribution >= 4 is 17.6 Å². The summed E-state index contributed by atoms with van der Waals surface area (Å²) in [5.74, 6) is 4.77. The topological polar surface area (TPSA) is 75.8 Å². The smallest absolute Gasteiger partial charge is 0.336 e. The van der Waals surface area contributed by atoms with Gasteiger partial charge in [0.25, 0.3) is 0 Å². The first-order valence-electron chi connectivity index (χ1n) is 7.79. The van der Waals surface area contributed by atoms with E-state index in [1.54, 1.807) is 37.3 Å². The van der Waals surface area contributed by atoms with Crippen molar-refractivity contribution in [2.75, 3.05) is 13.2 Å². The first-order chi connectivity index (χ1) is 11.9. The number of benzene rings is 2. The molecule has 25 heavy (non-hydrogen) atoms. The lowest BCUT2D eigenvalue weighted by Crippen LogP contribution is -2.41. The Morgan fingerprint density at radius 3 is 2.64 bits per heavy atom. The fourth-order valence-corrected chi connectivity index (χ4v) is 2.51. The Kier molecular flexibility index (Phi) is 6.90. The largest absolute Gasteiger partial charge is 0.464 e. The van der Waals surface area contributed by atoms with E-state index < -0.39 is 12.1 Å². The second-order valence-electron chi connectivity index (χ2n) is 5.52. The van der Waals surface area contributed by atoms with Crippen molar-refractivity contribution in [3.63, 3.8) is 0 Å². The molecule has 2 aromatic rings. The van der Waals surface area contributed by atoms with Gasteiger partial charge in [0.2, 0.25) is 0 Å². The number of rotatable bonds is 7. The predicted octanol–water partition coefficient (Wildman–Crippen LogP) is 2.75. The maximum absolute atomic E-state index is 13.9. The third-order valence-corrected chi connectivity index (χ3v) is 3.78. The molecule has 0 heterocycles. The number of nitrogens with two attached hydrogens (primary N) is 1. The molecule has 0 fully saturated rings. The molecular formula is C18H20ClFN2O3. The van der Waals surface area contributed by atoms with Crippen LogP contribution in [0.15, 0.2) is 42.5 Å². The second kappa shape index (κ2) is 8.92. The fraction of sp³-hybridized carbons (Fsp3) is 0.278. The molecule has 0 spiro atoms. The van der Waals surface area contributed by atoms with Crippen molar-refractivity contribution in [1.82, 2.24) is 5.01 Å². The molecule has 0 aliphatic rings. The zero-order valence-electron chi connectivity index (χ0n) is 13.8. The van der Waals surface area contributed by atoms with Crippen LogP contribution >= 0.6 is 11.6 Å². The number of carbonyl (C=O) groups excluding carboxylic acids is 1. The van der Waals surface area contributed by atoms with E-state index in [-0.39, 0.29) is 19.0 Å². The first kappa shape index (κ1) is 19.3. The monoisotopic (exact) mass is 366 g/mol. The summed E-state index contributed by atoms with van der Waals surface area (Å²) in [5, 5.41) is 11.5. The Bertz CT molecular complexity index is 725. The van der Waals surface area contributed by atoms with Crippen LogP contribution in [0.5, 0.6) is 0 Å². The maximum atomic E-state index is 13.9. The molecule has 0 saturated heterocycles. The number of nitrogens with zero attached hydrogens (tertiary/aromatic N) is 1. The van der Waals surface area contributed by atoms with Crippen molar-refractivity contribution < 1.29 is 19.0 Å². The van der Waals surface area contributed by atoms with Crippen molar-refractivity contribution in [1.29, 1.82) is 0 Å².